The van der Waals surface area contributed by atoms with E-state index in [4.69, 9.17) is 23.4 Å². The Bertz CT molecular complexity index is 1390. The lowest BCUT2D eigenvalue weighted by molar-refractivity contribution is -0.152. The van der Waals surface area contributed by atoms with E-state index in [1.165, 1.54) is 13.8 Å². The Balaban J connectivity index is 1.50. The summed E-state index contributed by atoms with van der Waals surface area (Å²) < 4.78 is 29.2. The number of hydrogen-bond acceptors (Lipinski definition) is 7. The van der Waals surface area contributed by atoms with Crippen LogP contribution >= 0.6 is 0 Å². The van der Waals surface area contributed by atoms with E-state index in [1.807, 2.05) is 62.4 Å². The van der Waals surface area contributed by atoms with Gasteiger partial charge in [0.15, 0.2) is 5.60 Å². The first-order valence-electron chi connectivity index (χ1n) is 12.7. The highest BCUT2D eigenvalue weighted by molar-refractivity contribution is 5.76. The molecule has 1 atom stereocenters. The summed E-state index contributed by atoms with van der Waals surface area (Å²) in [4.78, 5) is 16.4. The van der Waals surface area contributed by atoms with Crippen molar-refractivity contribution in [2.24, 2.45) is 0 Å². The molecule has 1 unspecified atom stereocenters. The van der Waals surface area contributed by atoms with Crippen LogP contribution in [-0.4, -0.2) is 35.4 Å². The molecule has 0 saturated heterocycles. The second-order valence-corrected chi connectivity index (χ2v) is 9.54. The van der Waals surface area contributed by atoms with E-state index in [0.717, 1.165) is 22.8 Å². The molecule has 0 aliphatic heterocycles. The summed E-state index contributed by atoms with van der Waals surface area (Å²) in [6.45, 7) is 7.13. The number of aryl methyl sites for hydroxylation is 1. The van der Waals surface area contributed by atoms with Gasteiger partial charge in [-0.2, -0.15) is 0 Å². The molecule has 0 radical (unpaired) electrons. The molecule has 8 nitrogen and oxygen atoms in total. The second-order valence-electron chi connectivity index (χ2n) is 9.54. The maximum Gasteiger partial charge on any atom is 0.347 e. The molecule has 0 aliphatic rings. The summed E-state index contributed by atoms with van der Waals surface area (Å²) in [5.41, 5.74) is 0.968. The lowest BCUT2D eigenvalue weighted by atomic mass is 10.1. The standard InChI is InChI=1S/C31H33NO7/c1-20(37-24-13-11-23(35-5)12-14-24)26-19-25(15-16-28(26)39-31(3,4)30(33)34)36-18-17-27-21(2)38-29(32-27)22-9-7-6-8-10-22/h6-16,19-20H,17-18H2,1-5H3,(H,33,34). The monoisotopic (exact) mass is 531 g/mol. The van der Waals surface area contributed by atoms with Crippen molar-refractivity contribution >= 4 is 5.97 Å². The number of aromatic nitrogens is 1. The van der Waals surface area contributed by atoms with E-state index in [2.05, 4.69) is 4.98 Å². The quantitative estimate of drug-likeness (QED) is 0.217. The molecule has 39 heavy (non-hydrogen) atoms. The number of nitrogens with zero attached hydrogens (tertiary/aromatic N) is 1. The summed E-state index contributed by atoms with van der Waals surface area (Å²) in [5, 5.41) is 9.59. The summed E-state index contributed by atoms with van der Waals surface area (Å²) >= 11 is 0. The van der Waals surface area contributed by atoms with Crippen LogP contribution in [-0.2, 0) is 11.2 Å². The number of rotatable bonds is 12. The average Bonchev–Trinajstić information content (AvgIpc) is 3.30. The van der Waals surface area contributed by atoms with Crippen molar-refractivity contribution in [3.05, 3.63) is 89.8 Å². The Morgan fingerprint density at radius 2 is 1.67 bits per heavy atom. The van der Waals surface area contributed by atoms with E-state index >= 15 is 0 Å². The SMILES string of the molecule is COc1ccc(OC(C)c2cc(OCCc3nc(-c4ccccc4)oc3C)ccc2OC(C)(C)C(=O)O)cc1. The molecular formula is C31H33NO7. The van der Waals surface area contributed by atoms with Crippen molar-refractivity contribution in [1.29, 1.82) is 0 Å². The van der Waals surface area contributed by atoms with Crippen molar-refractivity contribution in [3.63, 3.8) is 0 Å². The van der Waals surface area contributed by atoms with Gasteiger partial charge in [-0.3, -0.25) is 0 Å². The minimum Gasteiger partial charge on any atom is -0.497 e. The van der Waals surface area contributed by atoms with Gasteiger partial charge in [-0.1, -0.05) is 18.2 Å². The van der Waals surface area contributed by atoms with Crippen LogP contribution in [0.15, 0.2) is 77.2 Å². The number of methoxy groups -OCH3 is 1. The van der Waals surface area contributed by atoms with Crippen molar-refractivity contribution < 1.29 is 33.3 Å². The van der Waals surface area contributed by atoms with Crippen LogP contribution in [0.25, 0.3) is 11.5 Å². The van der Waals surface area contributed by atoms with Gasteiger partial charge in [-0.15, -0.1) is 0 Å². The number of benzene rings is 3. The predicted octanol–water partition coefficient (Wildman–Crippen LogP) is 6.66. The highest BCUT2D eigenvalue weighted by Crippen LogP contribution is 2.35. The third-order valence-corrected chi connectivity index (χ3v) is 6.19. The summed E-state index contributed by atoms with van der Waals surface area (Å²) in [5.74, 6) is 2.60. The Morgan fingerprint density at radius 1 is 1.00 bits per heavy atom. The maximum absolute atomic E-state index is 11.7. The molecule has 204 valence electrons. The van der Waals surface area contributed by atoms with Crippen LogP contribution in [0.5, 0.6) is 23.0 Å². The number of ether oxygens (including phenoxy) is 4. The van der Waals surface area contributed by atoms with Crippen molar-refractivity contribution in [2.45, 2.75) is 45.8 Å². The minimum atomic E-state index is -1.43. The Kier molecular flexibility index (Phi) is 8.44. The normalized spacial score (nSPS) is 12.0. The highest BCUT2D eigenvalue weighted by Gasteiger charge is 2.31. The first kappa shape index (κ1) is 27.6. The third-order valence-electron chi connectivity index (χ3n) is 6.19. The van der Waals surface area contributed by atoms with Crippen LogP contribution in [0, 0.1) is 6.92 Å². The van der Waals surface area contributed by atoms with Crippen LogP contribution in [0.1, 0.15) is 43.9 Å². The first-order valence-corrected chi connectivity index (χ1v) is 12.7. The number of aliphatic carboxylic acids is 1. The molecule has 0 spiro atoms. The van der Waals surface area contributed by atoms with Gasteiger partial charge in [-0.05, 0) is 82.3 Å². The van der Waals surface area contributed by atoms with E-state index in [9.17, 15) is 9.90 Å². The molecule has 1 heterocycles. The Hall–Kier alpha value is -4.46. The fourth-order valence-electron chi connectivity index (χ4n) is 3.90. The summed E-state index contributed by atoms with van der Waals surface area (Å²) in [6.07, 6.45) is 0.0902. The van der Waals surface area contributed by atoms with Gasteiger partial charge in [0, 0.05) is 17.5 Å². The molecule has 0 fully saturated rings. The first-order chi connectivity index (χ1) is 18.7. The Labute approximate surface area is 228 Å². The molecule has 8 heteroatoms. The topological polar surface area (TPSA) is 100 Å². The number of oxazole rings is 1. The summed E-state index contributed by atoms with van der Waals surface area (Å²) in [6, 6.07) is 22.2. The van der Waals surface area contributed by atoms with Gasteiger partial charge < -0.3 is 28.5 Å². The number of carboxylic acid groups (broad SMARTS) is 1. The van der Waals surface area contributed by atoms with Crippen LogP contribution in [0.2, 0.25) is 0 Å². The van der Waals surface area contributed by atoms with E-state index in [-0.39, 0.29) is 0 Å². The Morgan fingerprint density at radius 3 is 2.33 bits per heavy atom. The molecule has 0 amide bonds. The molecule has 1 aromatic heterocycles. The lowest BCUT2D eigenvalue weighted by Crippen LogP contribution is -2.38. The van der Waals surface area contributed by atoms with Crippen LogP contribution in [0.4, 0.5) is 0 Å². The molecule has 0 aliphatic carbocycles. The van der Waals surface area contributed by atoms with Crippen molar-refractivity contribution in [1.82, 2.24) is 4.98 Å². The molecular weight excluding hydrogens is 498 g/mol. The van der Waals surface area contributed by atoms with Crippen LogP contribution < -0.4 is 18.9 Å². The zero-order valence-corrected chi connectivity index (χ0v) is 22.8. The average molecular weight is 532 g/mol. The smallest absolute Gasteiger partial charge is 0.347 e. The fraction of sp³-hybridized carbons (Fsp3) is 0.290. The fourth-order valence-corrected chi connectivity index (χ4v) is 3.90. The van der Waals surface area contributed by atoms with Crippen molar-refractivity contribution in [2.75, 3.05) is 13.7 Å². The predicted molar refractivity (Wildman–Crippen MR) is 147 cm³/mol. The number of hydrogen-bond donors (Lipinski definition) is 1. The molecule has 4 aromatic rings. The molecule has 0 saturated carbocycles. The third kappa shape index (κ3) is 6.90. The van der Waals surface area contributed by atoms with Crippen molar-refractivity contribution in [3.8, 4) is 34.5 Å². The lowest BCUT2D eigenvalue weighted by Gasteiger charge is -2.26. The van der Waals surface area contributed by atoms with Gasteiger partial charge in [0.25, 0.3) is 0 Å². The van der Waals surface area contributed by atoms with Crippen LogP contribution in [0.3, 0.4) is 0 Å². The van der Waals surface area contributed by atoms with Gasteiger partial charge in [0.2, 0.25) is 5.89 Å². The van der Waals surface area contributed by atoms with Gasteiger partial charge >= 0.3 is 5.97 Å². The van der Waals surface area contributed by atoms with Gasteiger partial charge in [-0.25, -0.2) is 9.78 Å². The molecule has 1 N–H and O–H groups in total. The largest absolute Gasteiger partial charge is 0.497 e. The molecule has 0 bridgehead atoms. The summed E-state index contributed by atoms with van der Waals surface area (Å²) in [7, 11) is 1.60. The van der Waals surface area contributed by atoms with Gasteiger partial charge in [0.05, 0.1) is 19.4 Å². The molecule has 4 rings (SSSR count). The van der Waals surface area contributed by atoms with E-state index in [0.29, 0.717) is 41.7 Å². The minimum absolute atomic E-state index is 0.371. The zero-order chi connectivity index (χ0) is 28.0. The number of carbonyl (C=O) groups is 1. The van der Waals surface area contributed by atoms with E-state index in [1.54, 1.807) is 31.4 Å². The molecule has 3 aromatic carbocycles. The highest BCUT2D eigenvalue weighted by atomic mass is 16.5. The zero-order valence-electron chi connectivity index (χ0n) is 22.8. The van der Waals surface area contributed by atoms with E-state index < -0.39 is 17.7 Å². The number of carboxylic acids is 1. The maximum atomic E-state index is 11.7. The second kappa shape index (κ2) is 11.9. The van der Waals surface area contributed by atoms with Gasteiger partial charge in [0.1, 0.15) is 34.9 Å².